The van der Waals surface area contributed by atoms with Crippen molar-refractivity contribution < 1.29 is 32.3 Å². The van der Waals surface area contributed by atoms with Gasteiger partial charge in [-0.3, -0.25) is 19.2 Å². The molecule has 1 aromatic heterocycles. The second kappa shape index (κ2) is 8.94. The number of fused-ring (bicyclic) bond motifs is 1. The number of carboxylic acids is 1. The molecule has 2 aliphatic rings. The molecule has 178 valence electrons. The van der Waals surface area contributed by atoms with Crippen molar-refractivity contribution in [3.8, 4) is 0 Å². The third-order valence-electron chi connectivity index (χ3n) is 5.95. The first-order valence-corrected chi connectivity index (χ1v) is 10.7. The maximum absolute atomic E-state index is 14.3. The number of carbonyl (C=O) groups is 2. The van der Waals surface area contributed by atoms with E-state index in [0.29, 0.717) is 13.1 Å². The number of amides is 1. The predicted molar refractivity (Wildman–Crippen MR) is 109 cm³/mol. The SMILES string of the molecule is O=C(O)CC1CN(CC(=O)N2CCc3c(C(F)(F)F)nn(Cc4ccc(Cl)cc4F)c3C2)C1. The van der Waals surface area contributed by atoms with Gasteiger partial charge in [0.2, 0.25) is 5.91 Å². The Bertz CT molecular complexity index is 1080. The number of nitrogens with zero attached hydrogens (tertiary/aromatic N) is 4. The molecule has 2 aromatic rings. The van der Waals surface area contributed by atoms with Crippen LogP contribution in [0.2, 0.25) is 5.02 Å². The van der Waals surface area contributed by atoms with Gasteiger partial charge in [-0.2, -0.15) is 18.3 Å². The van der Waals surface area contributed by atoms with Crippen LogP contribution < -0.4 is 0 Å². The third kappa shape index (κ3) is 5.14. The first-order chi connectivity index (χ1) is 15.5. The second-order valence-corrected chi connectivity index (χ2v) is 8.82. The summed E-state index contributed by atoms with van der Waals surface area (Å²) < 4.78 is 56.1. The number of carbonyl (C=O) groups excluding carboxylic acids is 1. The Kier molecular flexibility index (Phi) is 6.37. The van der Waals surface area contributed by atoms with Crippen LogP contribution in [0.15, 0.2) is 18.2 Å². The number of likely N-dealkylation sites (tertiary alicyclic amines) is 1. The van der Waals surface area contributed by atoms with E-state index in [2.05, 4.69) is 5.10 Å². The van der Waals surface area contributed by atoms with Crippen LogP contribution >= 0.6 is 11.6 Å². The fourth-order valence-corrected chi connectivity index (χ4v) is 4.49. The van der Waals surface area contributed by atoms with Gasteiger partial charge in [0.25, 0.3) is 0 Å². The van der Waals surface area contributed by atoms with E-state index < -0.39 is 23.7 Å². The number of alkyl halides is 3. The highest BCUT2D eigenvalue weighted by Gasteiger charge is 2.41. The van der Waals surface area contributed by atoms with E-state index in [0.717, 1.165) is 10.7 Å². The molecule has 0 saturated carbocycles. The summed E-state index contributed by atoms with van der Waals surface area (Å²) in [5.74, 6) is -1.81. The van der Waals surface area contributed by atoms with Crippen LogP contribution in [-0.2, 0) is 35.3 Å². The molecule has 0 aliphatic carbocycles. The number of aliphatic carboxylic acids is 1. The number of benzene rings is 1. The number of rotatable bonds is 6. The predicted octanol–water partition coefficient (Wildman–Crippen LogP) is 3.03. The smallest absolute Gasteiger partial charge is 0.435 e. The minimum Gasteiger partial charge on any atom is -0.481 e. The molecule has 4 rings (SSSR count). The van der Waals surface area contributed by atoms with Gasteiger partial charge in [0.1, 0.15) is 5.82 Å². The van der Waals surface area contributed by atoms with E-state index >= 15 is 0 Å². The number of hydrogen-bond donors (Lipinski definition) is 1. The average molecular weight is 489 g/mol. The van der Waals surface area contributed by atoms with E-state index in [-0.39, 0.29) is 72.7 Å². The zero-order chi connectivity index (χ0) is 23.9. The summed E-state index contributed by atoms with van der Waals surface area (Å²) in [5, 5.41) is 12.7. The summed E-state index contributed by atoms with van der Waals surface area (Å²) in [5.41, 5.74) is -0.639. The van der Waals surface area contributed by atoms with Crippen LogP contribution in [0.3, 0.4) is 0 Å². The van der Waals surface area contributed by atoms with Gasteiger partial charge in [-0.1, -0.05) is 17.7 Å². The van der Waals surface area contributed by atoms with Crippen molar-refractivity contribution in [2.45, 2.75) is 32.1 Å². The number of halogens is 5. The molecule has 1 saturated heterocycles. The van der Waals surface area contributed by atoms with Crippen LogP contribution in [0.25, 0.3) is 0 Å². The largest absolute Gasteiger partial charge is 0.481 e. The third-order valence-corrected chi connectivity index (χ3v) is 6.19. The maximum atomic E-state index is 14.3. The summed E-state index contributed by atoms with van der Waals surface area (Å²) >= 11 is 5.76. The molecule has 1 aromatic carbocycles. The Morgan fingerprint density at radius 1 is 1.24 bits per heavy atom. The number of carboxylic acid groups (broad SMARTS) is 1. The van der Waals surface area contributed by atoms with Gasteiger partial charge in [-0.25, -0.2) is 4.39 Å². The van der Waals surface area contributed by atoms with Crippen molar-refractivity contribution in [2.24, 2.45) is 5.92 Å². The van der Waals surface area contributed by atoms with Crippen molar-refractivity contribution in [2.75, 3.05) is 26.2 Å². The van der Waals surface area contributed by atoms with Crippen molar-refractivity contribution in [3.05, 3.63) is 51.6 Å². The summed E-state index contributed by atoms with van der Waals surface area (Å²) in [7, 11) is 0. The van der Waals surface area contributed by atoms with Gasteiger partial charge in [0, 0.05) is 35.8 Å². The van der Waals surface area contributed by atoms with E-state index in [1.807, 2.05) is 4.90 Å². The van der Waals surface area contributed by atoms with Crippen LogP contribution in [-0.4, -0.2) is 62.7 Å². The molecule has 1 amide bonds. The molecule has 33 heavy (non-hydrogen) atoms. The summed E-state index contributed by atoms with van der Waals surface area (Å²) in [6, 6.07) is 3.92. The van der Waals surface area contributed by atoms with Crippen molar-refractivity contribution in [1.29, 1.82) is 0 Å². The molecule has 0 unspecified atom stereocenters. The highest BCUT2D eigenvalue weighted by Crippen LogP contribution is 2.35. The zero-order valence-electron chi connectivity index (χ0n) is 17.4. The van der Waals surface area contributed by atoms with Gasteiger partial charge < -0.3 is 10.0 Å². The molecule has 0 atom stereocenters. The summed E-state index contributed by atoms with van der Waals surface area (Å²) in [6.07, 6.45) is -4.64. The average Bonchev–Trinajstić information content (AvgIpc) is 3.06. The van der Waals surface area contributed by atoms with Crippen LogP contribution in [0.1, 0.15) is 28.9 Å². The van der Waals surface area contributed by atoms with Gasteiger partial charge >= 0.3 is 12.1 Å². The lowest BCUT2D eigenvalue weighted by Crippen LogP contribution is -2.52. The molecule has 0 bridgehead atoms. The first kappa shape index (κ1) is 23.5. The molecule has 2 aliphatic heterocycles. The minimum atomic E-state index is -4.67. The lowest BCUT2D eigenvalue weighted by Gasteiger charge is -2.39. The fourth-order valence-electron chi connectivity index (χ4n) is 4.34. The Balaban J connectivity index is 1.51. The topological polar surface area (TPSA) is 78.7 Å². The molecule has 7 nitrogen and oxygen atoms in total. The van der Waals surface area contributed by atoms with Gasteiger partial charge in [-0.15, -0.1) is 0 Å². The highest BCUT2D eigenvalue weighted by molar-refractivity contribution is 6.30. The second-order valence-electron chi connectivity index (χ2n) is 8.39. The van der Waals surface area contributed by atoms with Gasteiger partial charge in [0.05, 0.1) is 31.7 Å². The fraction of sp³-hybridized carbons (Fsp3) is 0.476. The quantitative estimate of drug-likeness (QED) is 0.632. The van der Waals surface area contributed by atoms with E-state index in [1.165, 1.54) is 17.0 Å². The Hall–Kier alpha value is -2.66. The summed E-state index contributed by atoms with van der Waals surface area (Å²) in [4.78, 5) is 26.8. The molecular weight excluding hydrogens is 468 g/mol. The van der Waals surface area contributed by atoms with Gasteiger partial charge in [0.15, 0.2) is 5.69 Å². The van der Waals surface area contributed by atoms with Crippen molar-refractivity contribution in [3.63, 3.8) is 0 Å². The number of aromatic nitrogens is 2. The Labute approximate surface area is 191 Å². The molecular formula is C21H21ClF4N4O3. The number of hydrogen-bond acceptors (Lipinski definition) is 4. The Morgan fingerprint density at radius 3 is 2.61 bits per heavy atom. The van der Waals surface area contributed by atoms with Crippen LogP contribution in [0.4, 0.5) is 17.6 Å². The van der Waals surface area contributed by atoms with Crippen molar-refractivity contribution in [1.82, 2.24) is 19.6 Å². The van der Waals surface area contributed by atoms with Crippen molar-refractivity contribution >= 4 is 23.5 Å². The monoisotopic (exact) mass is 488 g/mol. The van der Waals surface area contributed by atoms with Crippen LogP contribution in [0.5, 0.6) is 0 Å². The summed E-state index contributed by atoms with van der Waals surface area (Å²) in [6.45, 7) is 0.859. The molecule has 0 spiro atoms. The normalized spacial score (nSPS) is 17.1. The molecule has 1 fully saturated rings. The molecule has 12 heteroatoms. The molecule has 3 heterocycles. The zero-order valence-corrected chi connectivity index (χ0v) is 18.2. The van der Waals surface area contributed by atoms with E-state index in [1.54, 1.807) is 0 Å². The lowest BCUT2D eigenvalue weighted by atomic mass is 9.96. The Morgan fingerprint density at radius 2 is 1.97 bits per heavy atom. The van der Waals surface area contributed by atoms with E-state index in [9.17, 15) is 27.2 Å². The van der Waals surface area contributed by atoms with Gasteiger partial charge in [-0.05, 0) is 24.5 Å². The van der Waals surface area contributed by atoms with E-state index in [4.69, 9.17) is 16.7 Å². The first-order valence-electron chi connectivity index (χ1n) is 10.3. The highest BCUT2D eigenvalue weighted by atomic mass is 35.5. The maximum Gasteiger partial charge on any atom is 0.435 e. The molecule has 1 N–H and O–H groups in total. The standard InChI is InChI=1S/C21H21ClF4N4O3/c22-14-2-1-13(16(23)6-14)9-30-17-10-29(4-3-15(17)20(27-30)21(24,25)26)18(31)11-28-7-12(8-28)5-19(32)33/h1-2,6,12H,3-5,7-11H2,(H,32,33). The minimum absolute atomic E-state index is 0.00620. The molecule has 0 radical (unpaired) electrons. The lowest BCUT2D eigenvalue weighted by molar-refractivity contribution is -0.142. The van der Waals surface area contributed by atoms with Crippen LogP contribution in [0, 0.1) is 11.7 Å².